The Labute approximate surface area is 107 Å². The zero-order chi connectivity index (χ0) is 14.2. The average molecular weight is 274 g/mol. The number of halogens is 3. The summed E-state index contributed by atoms with van der Waals surface area (Å²) >= 11 is 0. The molecule has 5 nitrogen and oxygen atoms in total. The largest absolute Gasteiger partial charge is 0.435 e. The maximum atomic E-state index is 12.6. The minimum absolute atomic E-state index is 0.125. The minimum Gasteiger partial charge on any atom is -0.394 e. The van der Waals surface area contributed by atoms with Crippen LogP contribution in [0.2, 0.25) is 0 Å². The minimum atomic E-state index is -4.50. The van der Waals surface area contributed by atoms with Crippen molar-refractivity contribution in [3.05, 3.63) is 24.2 Å². The Balaban J connectivity index is 2.54. The predicted molar refractivity (Wildman–Crippen MR) is 62.9 cm³/mol. The number of anilines is 1. The fourth-order valence-corrected chi connectivity index (χ4v) is 1.65. The summed E-state index contributed by atoms with van der Waals surface area (Å²) in [7, 11) is 1.66. The first-order valence-electron chi connectivity index (χ1n) is 5.60. The standard InChI is InChI=1S/C11H13F3N4O/c1-7(6-19)17(2)10-8-5-9(11(12,13)14)16-18(8)4-3-15-10/h3-5,7,19H,6H2,1-2H3. The Hall–Kier alpha value is -1.83. The highest BCUT2D eigenvalue weighted by molar-refractivity contribution is 5.69. The van der Waals surface area contributed by atoms with Gasteiger partial charge in [0.1, 0.15) is 5.52 Å². The topological polar surface area (TPSA) is 53.7 Å². The second kappa shape index (κ2) is 4.69. The molecule has 0 aliphatic rings. The molecule has 2 aromatic heterocycles. The number of hydrogen-bond acceptors (Lipinski definition) is 4. The summed E-state index contributed by atoms with van der Waals surface area (Å²) in [4.78, 5) is 5.67. The van der Waals surface area contributed by atoms with Gasteiger partial charge in [-0.2, -0.15) is 18.3 Å². The van der Waals surface area contributed by atoms with Gasteiger partial charge in [0.15, 0.2) is 11.5 Å². The number of likely N-dealkylation sites (N-methyl/N-ethyl adjacent to an activating group) is 1. The molecular weight excluding hydrogens is 261 g/mol. The molecule has 1 unspecified atom stereocenters. The van der Waals surface area contributed by atoms with E-state index in [4.69, 9.17) is 5.11 Å². The van der Waals surface area contributed by atoms with Crippen molar-refractivity contribution in [2.75, 3.05) is 18.6 Å². The van der Waals surface area contributed by atoms with E-state index in [1.807, 2.05) is 0 Å². The Morgan fingerprint density at radius 2 is 2.16 bits per heavy atom. The first-order chi connectivity index (χ1) is 8.84. The molecule has 2 rings (SSSR count). The lowest BCUT2D eigenvalue weighted by Crippen LogP contribution is -2.32. The van der Waals surface area contributed by atoms with Crippen LogP contribution in [0.1, 0.15) is 12.6 Å². The molecule has 0 aromatic carbocycles. The lowest BCUT2D eigenvalue weighted by Gasteiger charge is -2.24. The summed E-state index contributed by atoms with van der Waals surface area (Å²) in [5, 5.41) is 12.6. The highest BCUT2D eigenvalue weighted by Gasteiger charge is 2.34. The fraction of sp³-hybridized carbons (Fsp3) is 0.455. The van der Waals surface area contributed by atoms with Gasteiger partial charge in [0.2, 0.25) is 0 Å². The summed E-state index contributed by atoms with van der Waals surface area (Å²) < 4.78 is 39.0. The van der Waals surface area contributed by atoms with Crippen LogP contribution >= 0.6 is 0 Å². The van der Waals surface area contributed by atoms with Crippen molar-refractivity contribution in [2.24, 2.45) is 0 Å². The van der Waals surface area contributed by atoms with Crippen molar-refractivity contribution in [3.63, 3.8) is 0 Å². The molecule has 0 saturated heterocycles. The lowest BCUT2D eigenvalue weighted by molar-refractivity contribution is -0.141. The second-order valence-electron chi connectivity index (χ2n) is 4.25. The predicted octanol–water partition coefficient (Wildman–Crippen LogP) is 1.57. The van der Waals surface area contributed by atoms with E-state index < -0.39 is 11.9 Å². The molecule has 8 heteroatoms. The van der Waals surface area contributed by atoms with Gasteiger partial charge >= 0.3 is 6.18 Å². The van der Waals surface area contributed by atoms with Crippen LogP contribution in [0.3, 0.4) is 0 Å². The zero-order valence-electron chi connectivity index (χ0n) is 10.4. The van der Waals surface area contributed by atoms with E-state index >= 15 is 0 Å². The van der Waals surface area contributed by atoms with E-state index in [0.717, 1.165) is 10.6 Å². The Morgan fingerprint density at radius 3 is 2.74 bits per heavy atom. The number of aliphatic hydroxyl groups excluding tert-OH is 1. The molecule has 0 saturated carbocycles. The van der Waals surface area contributed by atoms with Crippen LogP contribution in [-0.4, -0.2) is 39.4 Å². The number of fused-ring (bicyclic) bond motifs is 1. The number of aliphatic hydroxyl groups is 1. The molecule has 0 aliphatic heterocycles. The van der Waals surface area contributed by atoms with Crippen molar-refractivity contribution >= 4 is 11.3 Å². The van der Waals surface area contributed by atoms with Gasteiger partial charge < -0.3 is 10.0 Å². The van der Waals surface area contributed by atoms with Crippen LogP contribution < -0.4 is 4.90 Å². The third-order valence-electron chi connectivity index (χ3n) is 2.92. The van der Waals surface area contributed by atoms with Gasteiger partial charge in [-0.05, 0) is 6.92 Å². The number of rotatable bonds is 3. The summed E-state index contributed by atoms with van der Waals surface area (Å²) in [6.45, 7) is 1.62. The molecule has 2 aromatic rings. The second-order valence-corrected chi connectivity index (χ2v) is 4.25. The van der Waals surface area contributed by atoms with Gasteiger partial charge in [0.25, 0.3) is 0 Å². The fourth-order valence-electron chi connectivity index (χ4n) is 1.65. The molecule has 0 spiro atoms. The molecule has 1 N–H and O–H groups in total. The van der Waals surface area contributed by atoms with E-state index in [0.29, 0.717) is 5.82 Å². The Morgan fingerprint density at radius 1 is 1.47 bits per heavy atom. The summed E-state index contributed by atoms with van der Waals surface area (Å²) in [6.07, 6.45) is -1.77. The number of hydrogen-bond donors (Lipinski definition) is 1. The number of nitrogens with zero attached hydrogens (tertiary/aromatic N) is 4. The van der Waals surface area contributed by atoms with E-state index in [2.05, 4.69) is 10.1 Å². The Kier molecular flexibility index (Phi) is 3.36. The van der Waals surface area contributed by atoms with E-state index in [1.165, 1.54) is 12.4 Å². The first kappa shape index (κ1) is 13.6. The Bertz CT molecular complexity index is 581. The van der Waals surface area contributed by atoms with Crippen LogP contribution in [0, 0.1) is 0 Å². The van der Waals surface area contributed by atoms with Gasteiger partial charge in [0.05, 0.1) is 12.6 Å². The third-order valence-corrected chi connectivity index (χ3v) is 2.92. The molecule has 19 heavy (non-hydrogen) atoms. The molecule has 0 fully saturated rings. The quantitative estimate of drug-likeness (QED) is 0.923. The van der Waals surface area contributed by atoms with Gasteiger partial charge in [0, 0.05) is 25.5 Å². The number of aromatic nitrogens is 3. The molecule has 1 atom stereocenters. The van der Waals surface area contributed by atoms with Crippen LogP contribution in [0.4, 0.5) is 19.0 Å². The normalized spacial score (nSPS) is 13.8. The molecule has 0 aliphatic carbocycles. The van der Waals surface area contributed by atoms with Crippen molar-refractivity contribution < 1.29 is 18.3 Å². The number of alkyl halides is 3. The zero-order valence-corrected chi connectivity index (χ0v) is 10.4. The molecule has 0 radical (unpaired) electrons. The third kappa shape index (κ3) is 2.48. The summed E-state index contributed by atoms with van der Waals surface area (Å²) in [6, 6.07) is 0.686. The van der Waals surface area contributed by atoms with Gasteiger partial charge in [-0.1, -0.05) is 0 Å². The van der Waals surface area contributed by atoms with Crippen molar-refractivity contribution in [1.29, 1.82) is 0 Å². The van der Waals surface area contributed by atoms with E-state index in [1.54, 1.807) is 18.9 Å². The van der Waals surface area contributed by atoms with Crippen molar-refractivity contribution in [1.82, 2.24) is 14.6 Å². The van der Waals surface area contributed by atoms with Crippen molar-refractivity contribution in [3.8, 4) is 0 Å². The molecule has 104 valence electrons. The van der Waals surface area contributed by atoms with Gasteiger partial charge in [-0.25, -0.2) is 9.50 Å². The molecule has 2 heterocycles. The summed E-state index contributed by atoms with van der Waals surface area (Å²) in [5.41, 5.74) is -0.718. The van der Waals surface area contributed by atoms with Crippen LogP contribution in [0.15, 0.2) is 18.5 Å². The highest BCUT2D eigenvalue weighted by Crippen LogP contribution is 2.30. The van der Waals surface area contributed by atoms with Crippen LogP contribution in [0.25, 0.3) is 5.52 Å². The smallest absolute Gasteiger partial charge is 0.394 e. The monoisotopic (exact) mass is 274 g/mol. The SMILES string of the molecule is CC(CO)N(C)c1nccn2nc(C(F)(F)F)cc12. The van der Waals surface area contributed by atoms with Gasteiger partial charge in [-0.3, -0.25) is 0 Å². The molecular formula is C11H13F3N4O. The lowest BCUT2D eigenvalue weighted by atomic mass is 10.3. The van der Waals surface area contributed by atoms with Gasteiger partial charge in [-0.15, -0.1) is 0 Å². The maximum absolute atomic E-state index is 12.6. The maximum Gasteiger partial charge on any atom is 0.435 e. The highest BCUT2D eigenvalue weighted by atomic mass is 19.4. The van der Waals surface area contributed by atoms with Crippen LogP contribution in [0.5, 0.6) is 0 Å². The summed E-state index contributed by atoms with van der Waals surface area (Å²) in [5.74, 6) is 0.340. The average Bonchev–Trinajstić information content (AvgIpc) is 2.80. The molecule has 0 amide bonds. The van der Waals surface area contributed by atoms with Crippen molar-refractivity contribution in [2.45, 2.75) is 19.1 Å². The van der Waals surface area contributed by atoms with E-state index in [-0.39, 0.29) is 18.2 Å². The van der Waals surface area contributed by atoms with Crippen LogP contribution in [-0.2, 0) is 6.18 Å². The first-order valence-corrected chi connectivity index (χ1v) is 5.60. The van der Waals surface area contributed by atoms with E-state index in [9.17, 15) is 13.2 Å². The molecule has 0 bridgehead atoms.